The van der Waals surface area contributed by atoms with Gasteiger partial charge in [-0.25, -0.2) is 0 Å². The van der Waals surface area contributed by atoms with Crippen LogP contribution in [-0.4, -0.2) is 19.8 Å². The lowest BCUT2D eigenvalue weighted by atomic mass is 9.43. The van der Waals surface area contributed by atoms with E-state index in [1.807, 2.05) is 12.1 Å². The first kappa shape index (κ1) is 16.3. The van der Waals surface area contributed by atoms with E-state index in [2.05, 4.69) is 25.2 Å². The molecule has 1 N–H and O–H groups in total. The first-order valence-electron chi connectivity index (χ1n) is 9.33. The maximum absolute atomic E-state index is 5.58. The molecule has 0 saturated heterocycles. The average molecular weight is 329 g/mol. The zero-order valence-electron chi connectivity index (χ0n) is 15.6. The molecular weight excluding hydrogens is 298 g/mol. The average Bonchev–Trinajstić information content (AvgIpc) is 2.49. The summed E-state index contributed by atoms with van der Waals surface area (Å²) in [5, 5.41) is 3.99. The van der Waals surface area contributed by atoms with Gasteiger partial charge >= 0.3 is 0 Å². The van der Waals surface area contributed by atoms with E-state index in [4.69, 9.17) is 9.47 Å². The summed E-state index contributed by atoms with van der Waals surface area (Å²) >= 11 is 0. The topological polar surface area (TPSA) is 30.5 Å². The third kappa shape index (κ3) is 2.71. The molecule has 24 heavy (non-hydrogen) atoms. The Bertz CT molecular complexity index is 623. The summed E-state index contributed by atoms with van der Waals surface area (Å²) in [6.07, 6.45) is 8.34. The van der Waals surface area contributed by atoms with E-state index in [0.29, 0.717) is 16.4 Å². The second-order valence-corrected chi connectivity index (χ2v) is 9.44. The van der Waals surface area contributed by atoms with Crippen molar-refractivity contribution in [1.29, 1.82) is 0 Å². The number of ether oxygens (including phenoxy) is 2. The number of methoxy groups -OCH3 is 2. The van der Waals surface area contributed by atoms with E-state index < -0.39 is 0 Å². The van der Waals surface area contributed by atoms with Gasteiger partial charge < -0.3 is 14.8 Å². The van der Waals surface area contributed by atoms with Gasteiger partial charge in [0.15, 0.2) is 0 Å². The van der Waals surface area contributed by atoms with Crippen LogP contribution in [-0.2, 0) is 6.54 Å². The first-order valence-corrected chi connectivity index (χ1v) is 9.33. The van der Waals surface area contributed by atoms with Gasteiger partial charge in [-0.05, 0) is 61.3 Å². The summed E-state index contributed by atoms with van der Waals surface area (Å²) in [7, 11) is 3.44. The molecule has 132 valence electrons. The van der Waals surface area contributed by atoms with Gasteiger partial charge in [-0.15, -0.1) is 0 Å². The second-order valence-electron chi connectivity index (χ2n) is 9.44. The molecule has 5 rings (SSSR count). The van der Waals surface area contributed by atoms with Crippen LogP contribution in [0.15, 0.2) is 18.2 Å². The standard InChI is InChI=1S/C21H31NO2/c1-19-8-15-9-20(2,12-19)14-21(10-15,13-19)22-11-16-5-6-17(23-3)7-18(16)24-4/h5-7,15,22H,8-14H2,1-4H3. The quantitative estimate of drug-likeness (QED) is 0.860. The Morgan fingerprint density at radius 1 is 1.00 bits per heavy atom. The van der Waals surface area contributed by atoms with Gasteiger partial charge in [-0.3, -0.25) is 0 Å². The number of benzene rings is 1. The van der Waals surface area contributed by atoms with Crippen molar-refractivity contribution >= 4 is 0 Å². The number of nitrogens with one attached hydrogen (secondary N) is 1. The Hall–Kier alpha value is -1.22. The van der Waals surface area contributed by atoms with Gasteiger partial charge in [0.25, 0.3) is 0 Å². The molecule has 3 nitrogen and oxygen atoms in total. The predicted octanol–water partition coefficient (Wildman–Crippen LogP) is 4.54. The van der Waals surface area contributed by atoms with Crippen LogP contribution in [0.3, 0.4) is 0 Å². The van der Waals surface area contributed by atoms with Crippen molar-refractivity contribution in [1.82, 2.24) is 5.32 Å². The van der Waals surface area contributed by atoms with Gasteiger partial charge in [0.2, 0.25) is 0 Å². The molecule has 3 heteroatoms. The lowest BCUT2D eigenvalue weighted by Crippen LogP contribution is -2.63. The molecule has 2 unspecified atom stereocenters. The highest BCUT2D eigenvalue weighted by molar-refractivity contribution is 5.40. The Kier molecular flexibility index (Phi) is 3.65. The van der Waals surface area contributed by atoms with E-state index in [1.54, 1.807) is 14.2 Å². The third-order valence-electron chi connectivity index (χ3n) is 6.77. The van der Waals surface area contributed by atoms with E-state index >= 15 is 0 Å². The van der Waals surface area contributed by atoms with Gasteiger partial charge in [-0.2, -0.15) is 0 Å². The number of hydrogen-bond donors (Lipinski definition) is 1. The van der Waals surface area contributed by atoms with Crippen molar-refractivity contribution in [3.8, 4) is 11.5 Å². The smallest absolute Gasteiger partial charge is 0.127 e. The molecule has 4 aliphatic rings. The van der Waals surface area contributed by atoms with Crippen LogP contribution in [0.25, 0.3) is 0 Å². The number of hydrogen-bond acceptors (Lipinski definition) is 3. The zero-order chi connectivity index (χ0) is 17.0. The Morgan fingerprint density at radius 2 is 1.71 bits per heavy atom. The highest BCUT2D eigenvalue weighted by atomic mass is 16.5. The van der Waals surface area contributed by atoms with Gasteiger partial charge in [0.1, 0.15) is 11.5 Å². The lowest BCUT2D eigenvalue weighted by molar-refractivity contribution is -0.118. The summed E-state index contributed by atoms with van der Waals surface area (Å²) in [6.45, 7) is 5.94. The Morgan fingerprint density at radius 3 is 2.29 bits per heavy atom. The predicted molar refractivity (Wildman–Crippen MR) is 96.5 cm³/mol. The Balaban J connectivity index is 1.54. The monoisotopic (exact) mass is 329 g/mol. The summed E-state index contributed by atoms with van der Waals surface area (Å²) in [5.41, 5.74) is 2.65. The maximum atomic E-state index is 5.58. The SMILES string of the molecule is COc1ccc(CNC23CC4CC(C)(CC(C)(C4)C2)C3)c(OC)c1. The molecule has 4 fully saturated rings. The molecule has 0 aliphatic heterocycles. The number of rotatable bonds is 5. The highest BCUT2D eigenvalue weighted by Gasteiger charge is 2.59. The molecule has 0 heterocycles. The van der Waals surface area contributed by atoms with Crippen LogP contribution in [0.1, 0.15) is 57.9 Å². The van der Waals surface area contributed by atoms with Crippen LogP contribution in [0.5, 0.6) is 11.5 Å². The third-order valence-corrected chi connectivity index (χ3v) is 6.77. The van der Waals surface area contributed by atoms with Crippen LogP contribution in [0.4, 0.5) is 0 Å². The molecule has 0 spiro atoms. The summed E-state index contributed by atoms with van der Waals surface area (Å²) in [5.74, 6) is 2.69. The summed E-state index contributed by atoms with van der Waals surface area (Å²) < 4.78 is 10.9. The summed E-state index contributed by atoms with van der Waals surface area (Å²) in [4.78, 5) is 0. The fourth-order valence-corrected chi connectivity index (χ4v) is 6.93. The minimum atomic E-state index is 0.327. The molecule has 2 atom stereocenters. The Labute approximate surface area is 146 Å². The van der Waals surface area contributed by atoms with Crippen molar-refractivity contribution in [2.45, 2.75) is 64.5 Å². The van der Waals surface area contributed by atoms with Gasteiger partial charge in [-0.1, -0.05) is 19.9 Å². The molecule has 4 saturated carbocycles. The van der Waals surface area contributed by atoms with Crippen LogP contribution in [0.2, 0.25) is 0 Å². The largest absolute Gasteiger partial charge is 0.497 e. The molecule has 0 radical (unpaired) electrons. The van der Waals surface area contributed by atoms with E-state index in [0.717, 1.165) is 24.0 Å². The van der Waals surface area contributed by atoms with Crippen LogP contribution in [0, 0.1) is 16.7 Å². The molecule has 1 aromatic carbocycles. The normalized spacial score (nSPS) is 39.9. The fourth-order valence-electron chi connectivity index (χ4n) is 6.93. The molecule has 1 aromatic rings. The van der Waals surface area contributed by atoms with Gasteiger partial charge in [0.05, 0.1) is 14.2 Å². The van der Waals surface area contributed by atoms with Crippen molar-refractivity contribution < 1.29 is 9.47 Å². The van der Waals surface area contributed by atoms with Crippen molar-refractivity contribution in [3.63, 3.8) is 0 Å². The highest BCUT2D eigenvalue weighted by Crippen LogP contribution is 2.66. The van der Waals surface area contributed by atoms with Crippen molar-refractivity contribution in [2.75, 3.05) is 14.2 Å². The van der Waals surface area contributed by atoms with Crippen molar-refractivity contribution in [2.24, 2.45) is 16.7 Å². The fraction of sp³-hybridized carbons (Fsp3) is 0.714. The second kappa shape index (κ2) is 5.39. The zero-order valence-corrected chi connectivity index (χ0v) is 15.6. The summed E-state index contributed by atoms with van der Waals surface area (Å²) in [6, 6.07) is 6.15. The van der Waals surface area contributed by atoms with E-state index in [9.17, 15) is 0 Å². The lowest BCUT2D eigenvalue weighted by Gasteiger charge is -2.65. The maximum Gasteiger partial charge on any atom is 0.127 e. The minimum absolute atomic E-state index is 0.327. The minimum Gasteiger partial charge on any atom is -0.497 e. The molecule has 4 bridgehead atoms. The molecule has 0 aromatic heterocycles. The van der Waals surface area contributed by atoms with E-state index in [1.165, 1.54) is 44.1 Å². The van der Waals surface area contributed by atoms with Gasteiger partial charge in [0, 0.05) is 23.7 Å². The van der Waals surface area contributed by atoms with Crippen molar-refractivity contribution in [3.05, 3.63) is 23.8 Å². The van der Waals surface area contributed by atoms with Crippen LogP contribution < -0.4 is 14.8 Å². The first-order chi connectivity index (χ1) is 11.4. The van der Waals surface area contributed by atoms with E-state index in [-0.39, 0.29) is 0 Å². The molecule has 4 aliphatic carbocycles. The molecule has 0 amide bonds. The van der Waals surface area contributed by atoms with Crippen LogP contribution >= 0.6 is 0 Å². The molecular formula is C21H31NO2.